The second kappa shape index (κ2) is 3.68. The predicted molar refractivity (Wildman–Crippen MR) is 62.0 cm³/mol. The lowest BCUT2D eigenvalue weighted by Crippen LogP contribution is -2.21. The van der Waals surface area contributed by atoms with Gasteiger partial charge in [-0.15, -0.1) is 11.8 Å². The van der Waals surface area contributed by atoms with E-state index in [0.717, 1.165) is 10.7 Å². The molecule has 13 heavy (non-hydrogen) atoms. The van der Waals surface area contributed by atoms with Crippen molar-refractivity contribution >= 4 is 29.0 Å². The average molecular weight is 209 g/mol. The molecule has 0 amide bonds. The van der Waals surface area contributed by atoms with Gasteiger partial charge in [0.15, 0.2) is 0 Å². The van der Waals surface area contributed by atoms with Crippen LogP contribution < -0.4 is 0 Å². The zero-order chi connectivity index (χ0) is 9.26. The smallest absolute Gasteiger partial charge is 0.101 e. The first-order valence-electron chi connectivity index (χ1n) is 4.21. The molecule has 0 saturated carbocycles. The van der Waals surface area contributed by atoms with Crippen molar-refractivity contribution < 1.29 is 0 Å². The highest BCUT2D eigenvalue weighted by atomic mass is 32.2. The molecular weight excluding hydrogens is 198 g/mol. The van der Waals surface area contributed by atoms with E-state index >= 15 is 0 Å². The van der Waals surface area contributed by atoms with Gasteiger partial charge in [0.25, 0.3) is 0 Å². The van der Waals surface area contributed by atoms with E-state index in [1.807, 2.05) is 17.8 Å². The van der Waals surface area contributed by atoms with E-state index in [-0.39, 0.29) is 0 Å². The maximum atomic E-state index is 5.22. The number of hydrogen-bond donors (Lipinski definition) is 0. The largest absolute Gasteiger partial charge is 0.352 e. The lowest BCUT2D eigenvalue weighted by Gasteiger charge is -2.20. The van der Waals surface area contributed by atoms with E-state index in [9.17, 15) is 0 Å². The third-order valence-electron chi connectivity index (χ3n) is 2.19. The third-order valence-corrected chi connectivity index (χ3v) is 4.15. The predicted octanol–water partition coefficient (Wildman–Crippen LogP) is 2.69. The first-order valence-corrected chi connectivity index (χ1v) is 5.67. The summed E-state index contributed by atoms with van der Waals surface area (Å²) in [4.78, 5) is 3.23. The summed E-state index contributed by atoms with van der Waals surface area (Å²) in [5, 5.41) is 0.425. The summed E-state index contributed by atoms with van der Waals surface area (Å²) < 4.78 is 0. The molecule has 0 N–H and O–H groups in total. The number of hydrogen-bond acceptors (Lipinski definition) is 2. The summed E-state index contributed by atoms with van der Waals surface area (Å²) in [6, 6.07) is 10.5. The fourth-order valence-corrected chi connectivity index (χ4v) is 3.01. The summed E-state index contributed by atoms with van der Waals surface area (Å²) in [5.41, 5.74) is 1.34. The van der Waals surface area contributed by atoms with Crippen molar-refractivity contribution in [2.45, 2.75) is 5.37 Å². The monoisotopic (exact) mass is 209 g/mol. The minimum Gasteiger partial charge on any atom is -0.352 e. The normalized spacial score (nSPS) is 22.4. The Morgan fingerprint density at radius 3 is 2.62 bits per heavy atom. The molecule has 0 aromatic heterocycles. The van der Waals surface area contributed by atoms with Crippen molar-refractivity contribution in [1.82, 2.24) is 4.90 Å². The summed E-state index contributed by atoms with van der Waals surface area (Å²) >= 11 is 7.12. The Labute approximate surface area is 88.1 Å². The van der Waals surface area contributed by atoms with Crippen molar-refractivity contribution in [2.24, 2.45) is 0 Å². The molecule has 1 heterocycles. The topological polar surface area (TPSA) is 3.24 Å². The van der Waals surface area contributed by atoms with Crippen molar-refractivity contribution in [2.75, 3.05) is 12.8 Å². The molecule has 68 valence electrons. The van der Waals surface area contributed by atoms with Crippen molar-refractivity contribution in [3.05, 3.63) is 35.9 Å². The van der Waals surface area contributed by atoms with Crippen molar-refractivity contribution in [3.8, 4) is 0 Å². The minimum atomic E-state index is 0.425. The van der Waals surface area contributed by atoms with Crippen LogP contribution in [0.2, 0.25) is 0 Å². The second-order valence-corrected chi connectivity index (χ2v) is 4.62. The Bertz CT molecular complexity index is 310. The summed E-state index contributed by atoms with van der Waals surface area (Å²) in [6.45, 7) is 0. The molecule has 1 aromatic rings. The lowest BCUT2D eigenvalue weighted by atomic mass is 10.2. The van der Waals surface area contributed by atoms with E-state index in [1.54, 1.807) is 0 Å². The third kappa shape index (κ3) is 1.71. The van der Waals surface area contributed by atoms with Crippen LogP contribution in [0.1, 0.15) is 10.9 Å². The van der Waals surface area contributed by atoms with Crippen molar-refractivity contribution in [1.29, 1.82) is 0 Å². The molecule has 1 nitrogen and oxygen atoms in total. The average Bonchev–Trinajstić information content (AvgIpc) is 2.49. The van der Waals surface area contributed by atoms with Gasteiger partial charge >= 0.3 is 0 Å². The van der Waals surface area contributed by atoms with Gasteiger partial charge in [-0.05, 0) is 5.56 Å². The molecule has 1 unspecified atom stereocenters. The van der Waals surface area contributed by atoms with Crippen LogP contribution in [-0.2, 0) is 0 Å². The SMILES string of the molecule is CN1C(=S)CSC1c1ccccc1. The molecule has 1 aliphatic heterocycles. The number of nitrogens with zero attached hydrogens (tertiary/aromatic N) is 1. The van der Waals surface area contributed by atoms with Gasteiger partial charge in [-0.1, -0.05) is 42.5 Å². The molecule has 1 atom stereocenters. The van der Waals surface area contributed by atoms with Gasteiger partial charge in [-0.3, -0.25) is 0 Å². The first-order chi connectivity index (χ1) is 6.29. The van der Waals surface area contributed by atoms with Crippen LogP contribution in [0.3, 0.4) is 0 Å². The van der Waals surface area contributed by atoms with Gasteiger partial charge in [0, 0.05) is 12.8 Å². The Hall–Kier alpha value is -0.540. The molecule has 2 rings (SSSR count). The number of thiocarbonyl (C=S) groups is 1. The van der Waals surface area contributed by atoms with Crippen LogP contribution in [0.4, 0.5) is 0 Å². The second-order valence-electron chi connectivity index (χ2n) is 3.08. The van der Waals surface area contributed by atoms with Gasteiger partial charge < -0.3 is 4.90 Å². The number of rotatable bonds is 1. The molecular formula is C10H11NS2. The van der Waals surface area contributed by atoms with Crippen LogP contribution in [0.25, 0.3) is 0 Å². The fraction of sp³-hybridized carbons (Fsp3) is 0.300. The van der Waals surface area contributed by atoms with Gasteiger partial charge in [-0.25, -0.2) is 0 Å². The van der Waals surface area contributed by atoms with Crippen molar-refractivity contribution in [3.63, 3.8) is 0 Å². The maximum absolute atomic E-state index is 5.22. The quantitative estimate of drug-likeness (QED) is 0.655. The maximum Gasteiger partial charge on any atom is 0.101 e. The molecule has 1 aromatic carbocycles. The fourth-order valence-electron chi connectivity index (χ4n) is 1.43. The van der Waals surface area contributed by atoms with E-state index in [1.165, 1.54) is 5.56 Å². The van der Waals surface area contributed by atoms with E-state index in [2.05, 4.69) is 36.2 Å². The Balaban J connectivity index is 2.24. The van der Waals surface area contributed by atoms with Crippen LogP contribution in [0.5, 0.6) is 0 Å². The number of thioether (sulfide) groups is 1. The van der Waals surface area contributed by atoms with E-state index in [0.29, 0.717) is 5.37 Å². The summed E-state index contributed by atoms with van der Waals surface area (Å²) in [6.07, 6.45) is 0. The zero-order valence-electron chi connectivity index (χ0n) is 7.43. The standard InChI is InChI=1S/C10H11NS2/c1-11-9(12)7-13-10(11)8-5-3-2-4-6-8/h2-6,10H,7H2,1H3. The van der Waals surface area contributed by atoms with Crippen LogP contribution >= 0.6 is 24.0 Å². The molecule has 0 spiro atoms. The summed E-state index contributed by atoms with van der Waals surface area (Å²) in [7, 11) is 2.07. The summed E-state index contributed by atoms with van der Waals surface area (Å²) in [5.74, 6) is 0.978. The minimum absolute atomic E-state index is 0.425. The van der Waals surface area contributed by atoms with Crippen LogP contribution in [-0.4, -0.2) is 22.7 Å². The molecule has 3 heteroatoms. The Kier molecular flexibility index (Phi) is 2.56. The van der Waals surface area contributed by atoms with Gasteiger partial charge in [-0.2, -0.15) is 0 Å². The van der Waals surface area contributed by atoms with E-state index in [4.69, 9.17) is 12.2 Å². The number of benzene rings is 1. The zero-order valence-corrected chi connectivity index (χ0v) is 9.07. The molecule has 1 fully saturated rings. The highest BCUT2D eigenvalue weighted by Gasteiger charge is 2.26. The molecule has 1 aliphatic rings. The van der Waals surface area contributed by atoms with E-state index < -0.39 is 0 Å². The molecule has 0 radical (unpaired) electrons. The first kappa shape index (κ1) is 9.03. The van der Waals surface area contributed by atoms with Gasteiger partial charge in [0.05, 0.1) is 4.99 Å². The molecule has 0 aliphatic carbocycles. The highest BCUT2D eigenvalue weighted by molar-refractivity contribution is 8.02. The van der Waals surface area contributed by atoms with Crippen LogP contribution in [0, 0.1) is 0 Å². The molecule has 0 bridgehead atoms. The Morgan fingerprint density at radius 2 is 2.08 bits per heavy atom. The molecule has 1 saturated heterocycles. The van der Waals surface area contributed by atoms with Gasteiger partial charge in [0.2, 0.25) is 0 Å². The highest BCUT2D eigenvalue weighted by Crippen LogP contribution is 2.37. The van der Waals surface area contributed by atoms with Gasteiger partial charge in [0.1, 0.15) is 5.37 Å². The Morgan fingerprint density at radius 1 is 1.38 bits per heavy atom. The lowest BCUT2D eigenvalue weighted by molar-refractivity contribution is 0.507. The van der Waals surface area contributed by atoms with Crippen LogP contribution in [0.15, 0.2) is 30.3 Å².